The number of nitrogens with one attached hydrogen (secondary N) is 1. The van der Waals surface area contributed by atoms with Crippen LogP contribution < -0.4 is 5.32 Å². The molecule has 1 aromatic carbocycles. The van der Waals surface area contributed by atoms with E-state index >= 15 is 0 Å². The maximum absolute atomic E-state index is 13.6. The summed E-state index contributed by atoms with van der Waals surface area (Å²) in [7, 11) is 1.42. The quantitative estimate of drug-likeness (QED) is 0.325. The molecule has 142 valence electrons. The van der Waals surface area contributed by atoms with Crippen LogP contribution in [0, 0.1) is 6.92 Å². The normalized spacial score (nSPS) is 12.4. The van der Waals surface area contributed by atoms with Crippen molar-refractivity contribution in [3.05, 3.63) is 78.2 Å². The number of benzene rings is 1. The summed E-state index contributed by atoms with van der Waals surface area (Å²) in [6.45, 7) is 7.68. The highest BCUT2D eigenvalue weighted by Gasteiger charge is 2.28. The summed E-state index contributed by atoms with van der Waals surface area (Å²) in [6, 6.07) is 7.16. The molecule has 1 atom stereocenters. The molecule has 0 aliphatic heterocycles. The first-order valence-corrected chi connectivity index (χ1v) is 8.15. The average Bonchev–Trinajstić information content (AvgIpc) is 2.97. The number of halogens is 4. The second-order valence-corrected chi connectivity index (χ2v) is 6.26. The summed E-state index contributed by atoms with van der Waals surface area (Å²) in [6.07, 6.45) is 0.697. The molecule has 2 rings (SSSR count). The van der Waals surface area contributed by atoms with Crippen LogP contribution in [0.4, 0.5) is 23.2 Å². The van der Waals surface area contributed by atoms with Gasteiger partial charge in [-0.3, -0.25) is 4.79 Å². The molecule has 1 amide bonds. The first kappa shape index (κ1) is 20.6. The third kappa shape index (κ3) is 4.71. The maximum atomic E-state index is 13.6. The van der Waals surface area contributed by atoms with E-state index in [0.29, 0.717) is 17.5 Å². The van der Waals surface area contributed by atoms with E-state index in [4.69, 9.17) is 0 Å². The molecule has 1 aromatic heterocycles. The molecule has 1 N–H and O–H groups in total. The van der Waals surface area contributed by atoms with Crippen molar-refractivity contribution in [1.82, 2.24) is 9.78 Å². The molecular weight excluding hydrogens is 381 g/mol. The lowest BCUT2D eigenvalue weighted by atomic mass is 10.2. The molecule has 27 heavy (non-hydrogen) atoms. The van der Waals surface area contributed by atoms with Crippen molar-refractivity contribution >= 4 is 20.8 Å². The van der Waals surface area contributed by atoms with Crippen LogP contribution in [-0.4, -0.2) is 15.7 Å². The number of hydrogen-bond acceptors (Lipinski definition) is 2. The Balaban J connectivity index is 2.26. The fourth-order valence-electron chi connectivity index (χ4n) is 2.24. The molecule has 0 aliphatic rings. The summed E-state index contributed by atoms with van der Waals surface area (Å²) in [5.41, 5.74) is -3.23. The van der Waals surface area contributed by atoms with Crippen molar-refractivity contribution < 1.29 is 22.4 Å². The molecule has 0 fully saturated rings. The Bertz CT molecular complexity index is 927. The zero-order valence-corrected chi connectivity index (χ0v) is 15.4. The van der Waals surface area contributed by atoms with Crippen molar-refractivity contribution in [2.75, 3.05) is 5.32 Å². The number of aromatic nitrogens is 2. The van der Waals surface area contributed by atoms with Crippen LogP contribution in [0.2, 0.25) is 0 Å². The fourth-order valence-corrected chi connectivity index (χ4v) is 2.38. The van der Waals surface area contributed by atoms with Gasteiger partial charge in [-0.1, -0.05) is 22.4 Å². The molecule has 0 bridgehead atoms. The van der Waals surface area contributed by atoms with Crippen LogP contribution in [0.5, 0.6) is 0 Å². The van der Waals surface area contributed by atoms with Gasteiger partial charge >= 0.3 is 5.66 Å². The molecule has 0 radical (unpaired) electrons. The van der Waals surface area contributed by atoms with E-state index in [1.165, 1.54) is 44.3 Å². The van der Waals surface area contributed by atoms with Crippen LogP contribution in [0.15, 0.2) is 66.8 Å². The van der Waals surface area contributed by atoms with Crippen LogP contribution in [0.1, 0.15) is 11.4 Å². The fraction of sp³-hybridized carbons (Fsp3) is 0.111. The van der Waals surface area contributed by atoms with Crippen molar-refractivity contribution in [3.63, 3.8) is 0 Å². The zero-order chi connectivity index (χ0) is 20.4. The third-order valence-corrected chi connectivity index (χ3v) is 3.81. The highest BCUT2D eigenvalue weighted by Crippen LogP contribution is 2.34. The number of alkyl halides is 2. The van der Waals surface area contributed by atoms with Gasteiger partial charge in [-0.05, 0) is 43.3 Å². The maximum Gasteiger partial charge on any atom is 0.302 e. The molecule has 0 saturated carbocycles. The Morgan fingerprint density at radius 3 is 2.33 bits per heavy atom. The van der Waals surface area contributed by atoms with E-state index in [0.717, 1.165) is 0 Å². The van der Waals surface area contributed by atoms with Gasteiger partial charge in [0.25, 0.3) is 5.91 Å². The minimum atomic E-state index is -3.16. The van der Waals surface area contributed by atoms with Crippen LogP contribution in [-0.2, 0) is 10.5 Å². The van der Waals surface area contributed by atoms with E-state index in [2.05, 4.69) is 23.6 Å². The Kier molecular flexibility index (Phi) is 6.01. The number of anilines is 1. The van der Waals surface area contributed by atoms with Gasteiger partial charge in [-0.15, -0.1) is 0 Å². The predicted molar refractivity (Wildman–Crippen MR) is 99.1 cm³/mol. The standard InChI is InChI=1S/C18H16F4N3OP/c1-4-14(20)16(11(3)19)17(26)23-12-5-7-13(8-6-12)25-10(2)9-15(24-25)18(21,22)27/h4-9H,1,3,27H2,2H3,(H,23,26)/b16-14-. The highest BCUT2D eigenvalue weighted by molar-refractivity contribution is 7.17. The zero-order valence-electron chi connectivity index (χ0n) is 14.3. The molecule has 4 nitrogen and oxygen atoms in total. The summed E-state index contributed by atoms with van der Waals surface area (Å²) in [4.78, 5) is 12.0. The van der Waals surface area contributed by atoms with E-state index in [1.807, 2.05) is 0 Å². The van der Waals surface area contributed by atoms with E-state index in [1.54, 1.807) is 6.92 Å². The molecule has 1 unspecified atom stereocenters. The number of nitrogens with zero attached hydrogens (tertiary/aromatic N) is 2. The van der Waals surface area contributed by atoms with Gasteiger partial charge < -0.3 is 5.32 Å². The Morgan fingerprint density at radius 2 is 1.89 bits per heavy atom. The lowest BCUT2D eigenvalue weighted by molar-refractivity contribution is -0.112. The van der Waals surface area contributed by atoms with Crippen molar-refractivity contribution in [1.29, 1.82) is 0 Å². The second-order valence-electron chi connectivity index (χ2n) is 5.54. The van der Waals surface area contributed by atoms with E-state index in [9.17, 15) is 22.4 Å². The first-order valence-electron chi connectivity index (χ1n) is 7.57. The Labute approximate surface area is 155 Å². The van der Waals surface area contributed by atoms with E-state index < -0.39 is 34.5 Å². The third-order valence-electron chi connectivity index (χ3n) is 3.52. The number of amides is 1. The minimum absolute atomic E-state index is 0.237. The van der Waals surface area contributed by atoms with Gasteiger partial charge in [0.05, 0.1) is 5.69 Å². The van der Waals surface area contributed by atoms with Gasteiger partial charge in [-0.25, -0.2) is 13.5 Å². The Morgan fingerprint density at radius 1 is 1.30 bits per heavy atom. The monoisotopic (exact) mass is 397 g/mol. The number of allylic oxidation sites excluding steroid dienone is 2. The second kappa shape index (κ2) is 7.88. The number of rotatable bonds is 6. The largest absolute Gasteiger partial charge is 0.322 e. The van der Waals surface area contributed by atoms with Crippen LogP contribution in [0.3, 0.4) is 0 Å². The van der Waals surface area contributed by atoms with Crippen molar-refractivity contribution in [2.45, 2.75) is 12.6 Å². The molecule has 1 heterocycles. The molecule has 2 aromatic rings. The van der Waals surface area contributed by atoms with Crippen LogP contribution in [0.25, 0.3) is 5.69 Å². The number of aryl methyl sites for hydroxylation is 1. The van der Waals surface area contributed by atoms with Gasteiger partial charge in [0.2, 0.25) is 0 Å². The first-order chi connectivity index (χ1) is 12.5. The summed E-state index contributed by atoms with van der Waals surface area (Å²) in [5.74, 6) is -3.41. The molecule has 0 saturated heterocycles. The number of hydrogen-bond donors (Lipinski definition) is 1. The summed E-state index contributed by atoms with van der Waals surface area (Å²) in [5, 5.41) is 6.18. The number of carbonyl (C=O) groups excluding carboxylic acids is 1. The SMILES string of the molecule is C=C/C(F)=C(\C(=C)F)C(=O)Nc1ccc(-n2nc(C(F)(F)P)cc2C)cc1. The van der Waals surface area contributed by atoms with Crippen LogP contribution >= 0.6 is 9.24 Å². The topological polar surface area (TPSA) is 46.9 Å². The predicted octanol–water partition coefficient (Wildman–Crippen LogP) is 4.94. The van der Waals surface area contributed by atoms with Crippen molar-refractivity contribution in [2.24, 2.45) is 0 Å². The van der Waals surface area contributed by atoms with E-state index in [-0.39, 0.29) is 5.69 Å². The molecule has 0 aliphatic carbocycles. The number of carbonyl (C=O) groups is 1. The summed E-state index contributed by atoms with van der Waals surface area (Å²) < 4.78 is 54.9. The van der Waals surface area contributed by atoms with Gasteiger partial charge in [-0.2, -0.15) is 13.9 Å². The van der Waals surface area contributed by atoms with Gasteiger partial charge in [0.1, 0.15) is 22.9 Å². The highest BCUT2D eigenvalue weighted by atomic mass is 31.0. The van der Waals surface area contributed by atoms with Gasteiger partial charge in [0.15, 0.2) is 0 Å². The molecule has 0 spiro atoms. The molecule has 9 heteroatoms. The average molecular weight is 397 g/mol. The lowest BCUT2D eigenvalue weighted by Crippen LogP contribution is -2.15. The van der Waals surface area contributed by atoms with Crippen molar-refractivity contribution in [3.8, 4) is 5.69 Å². The van der Waals surface area contributed by atoms with Gasteiger partial charge in [0, 0.05) is 11.4 Å². The molecular formula is C18H16F4N3OP. The Hall–Kier alpha value is -2.73. The summed E-state index contributed by atoms with van der Waals surface area (Å²) >= 11 is 0. The lowest BCUT2D eigenvalue weighted by Gasteiger charge is -2.09. The minimum Gasteiger partial charge on any atom is -0.322 e. The smallest absolute Gasteiger partial charge is 0.302 e.